The van der Waals surface area contributed by atoms with E-state index in [2.05, 4.69) is 9.97 Å². The summed E-state index contributed by atoms with van der Waals surface area (Å²) in [6, 6.07) is 3.15. The number of hydrogen-bond acceptors (Lipinski definition) is 8. The van der Waals surface area contributed by atoms with Crippen LogP contribution < -0.4 is 15.4 Å². The van der Waals surface area contributed by atoms with Gasteiger partial charge >= 0.3 is 0 Å². The van der Waals surface area contributed by atoms with E-state index >= 15 is 0 Å². The van der Waals surface area contributed by atoms with Gasteiger partial charge in [-0.3, -0.25) is 4.79 Å². The van der Waals surface area contributed by atoms with Crippen LogP contribution in [0.25, 0.3) is 10.9 Å². The van der Waals surface area contributed by atoms with E-state index in [1.807, 2.05) is 9.80 Å². The van der Waals surface area contributed by atoms with Crippen LogP contribution in [0.5, 0.6) is 11.5 Å². The van der Waals surface area contributed by atoms with E-state index in [0.29, 0.717) is 61.2 Å². The molecule has 144 valence electrons. The third-order valence-electron chi connectivity index (χ3n) is 5.09. The van der Waals surface area contributed by atoms with Crippen LogP contribution in [0.15, 0.2) is 12.1 Å². The maximum absolute atomic E-state index is 12.5. The van der Waals surface area contributed by atoms with Crippen LogP contribution >= 0.6 is 0 Å². The van der Waals surface area contributed by atoms with Crippen LogP contribution in [0.2, 0.25) is 0 Å². The molecule has 1 aromatic carbocycles. The van der Waals surface area contributed by atoms with Gasteiger partial charge in [0.2, 0.25) is 5.95 Å². The molecule has 9 heteroatoms. The number of amides is 1. The Kier molecular flexibility index (Phi) is 4.61. The molecule has 0 bridgehead atoms. The molecule has 1 atom stereocenters. The topological polar surface area (TPSA) is 114 Å². The predicted molar refractivity (Wildman–Crippen MR) is 99.9 cm³/mol. The van der Waals surface area contributed by atoms with Crippen molar-refractivity contribution < 1.29 is 19.4 Å². The standard InChI is InChI=1S/C18H23N5O4/c1-26-15-10-12-11(9-13(15)24)16(19)21-18(20-12)23-6-4-22(5-7-23)17(25)14-3-2-8-27-14/h9-10,14,24H,2-8H2,1H3,(H2,19,20,21). The number of anilines is 2. The second-order valence-corrected chi connectivity index (χ2v) is 6.76. The molecule has 0 saturated carbocycles. The number of aromatic nitrogens is 2. The molecule has 2 saturated heterocycles. The van der Waals surface area contributed by atoms with Gasteiger partial charge in [0, 0.05) is 44.2 Å². The fourth-order valence-corrected chi connectivity index (χ4v) is 3.56. The fourth-order valence-electron chi connectivity index (χ4n) is 3.56. The number of rotatable bonds is 3. The average molecular weight is 373 g/mol. The first-order valence-corrected chi connectivity index (χ1v) is 9.06. The normalized spacial score (nSPS) is 20.3. The second-order valence-electron chi connectivity index (χ2n) is 6.76. The number of phenolic OH excluding ortho intramolecular Hbond substituents is 1. The number of methoxy groups -OCH3 is 1. The maximum atomic E-state index is 12.5. The number of nitrogen functional groups attached to an aromatic ring is 1. The maximum Gasteiger partial charge on any atom is 0.251 e. The first kappa shape index (κ1) is 17.6. The van der Waals surface area contributed by atoms with Gasteiger partial charge in [-0.1, -0.05) is 0 Å². The number of hydrogen-bond donors (Lipinski definition) is 2. The molecule has 0 radical (unpaired) electrons. The van der Waals surface area contributed by atoms with Crippen molar-refractivity contribution in [2.75, 3.05) is 50.5 Å². The van der Waals surface area contributed by atoms with Crippen LogP contribution in [0, 0.1) is 0 Å². The Bertz CT molecular complexity index is 860. The minimum absolute atomic E-state index is 0.00527. The van der Waals surface area contributed by atoms with Crippen molar-refractivity contribution in [1.29, 1.82) is 0 Å². The third-order valence-corrected chi connectivity index (χ3v) is 5.09. The van der Waals surface area contributed by atoms with E-state index in [4.69, 9.17) is 15.2 Å². The third kappa shape index (κ3) is 3.30. The number of fused-ring (bicyclic) bond motifs is 1. The van der Waals surface area contributed by atoms with Crippen molar-refractivity contribution in [1.82, 2.24) is 14.9 Å². The lowest BCUT2D eigenvalue weighted by molar-refractivity contribution is -0.141. The Balaban J connectivity index is 1.51. The van der Waals surface area contributed by atoms with Crippen LogP contribution in [-0.4, -0.2) is 71.9 Å². The van der Waals surface area contributed by atoms with Crippen molar-refractivity contribution in [3.8, 4) is 11.5 Å². The molecule has 3 N–H and O–H groups in total. The molecular weight excluding hydrogens is 350 g/mol. The summed E-state index contributed by atoms with van der Waals surface area (Å²) in [5.41, 5.74) is 6.67. The van der Waals surface area contributed by atoms with Gasteiger partial charge in [0.1, 0.15) is 11.9 Å². The molecule has 2 aliphatic rings. The first-order valence-electron chi connectivity index (χ1n) is 9.06. The summed E-state index contributed by atoms with van der Waals surface area (Å²) < 4.78 is 10.6. The predicted octanol–water partition coefficient (Wildman–Crippen LogP) is 0.754. The zero-order valence-corrected chi connectivity index (χ0v) is 15.2. The summed E-state index contributed by atoms with van der Waals surface area (Å²) in [6.07, 6.45) is 1.46. The second kappa shape index (κ2) is 7.07. The number of aromatic hydroxyl groups is 1. The summed E-state index contributed by atoms with van der Waals surface area (Å²) in [4.78, 5) is 25.3. The fraction of sp³-hybridized carbons (Fsp3) is 0.500. The molecular formula is C18H23N5O4. The highest BCUT2D eigenvalue weighted by Gasteiger charge is 2.31. The molecule has 4 rings (SSSR count). The number of nitrogens with zero attached hydrogens (tertiary/aromatic N) is 4. The minimum Gasteiger partial charge on any atom is -0.504 e. The van der Waals surface area contributed by atoms with Gasteiger partial charge in [-0.25, -0.2) is 4.98 Å². The number of piperazine rings is 1. The van der Waals surface area contributed by atoms with Crippen molar-refractivity contribution in [2.45, 2.75) is 18.9 Å². The summed E-state index contributed by atoms with van der Waals surface area (Å²) >= 11 is 0. The lowest BCUT2D eigenvalue weighted by Crippen LogP contribution is -2.51. The van der Waals surface area contributed by atoms with Crippen molar-refractivity contribution >= 4 is 28.6 Å². The summed E-state index contributed by atoms with van der Waals surface area (Å²) in [5.74, 6) is 1.21. The van der Waals surface area contributed by atoms with E-state index < -0.39 is 0 Å². The molecule has 0 spiro atoms. The Morgan fingerprint density at radius 2 is 2.07 bits per heavy atom. The first-order chi connectivity index (χ1) is 13.1. The highest BCUT2D eigenvalue weighted by molar-refractivity contribution is 5.91. The smallest absolute Gasteiger partial charge is 0.251 e. The highest BCUT2D eigenvalue weighted by Crippen LogP contribution is 2.33. The number of carbonyl (C=O) groups excluding carboxylic acids is 1. The highest BCUT2D eigenvalue weighted by atomic mass is 16.5. The van der Waals surface area contributed by atoms with E-state index in [0.717, 1.165) is 12.8 Å². The van der Waals surface area contributed by atoms with Gasteiger partial charge in [-0.15, -0.1) is 0 Å². The van der Waals surface area contributed by atoms with Crippen molar-refractivity contribution in [3.63, 3.8) is 0 Å². The number of nitrogens with two attached hydrogens (primary N) is 1. The van der Waals surface area contributed by atoms with Gasteiger partial charge < -0.3 is 30.1 Å². The van der Waals surface area contributed by atoms with Crippen molar-refractivity contribution in [3.05, 3.63) is 12.1 Å². The van der Waals surface area contributed by atoms with Crippen LogP contribution in [0.4, 0.5) is 11.8 Å². The number of phenols is 1. The molecule has 9 nitrogen and oxygen atoms in total. The quantitative estimate of drug-likeness (QED) is 0.810. The van der Waals surface area contributed by atoms with Gasteiger partial charge in [-0.2, -0.15) is 4.98 Å². The molecule has 2 fully saturated rings. The van der Waals surface area contributed by atoms with E-state index in [9.17, 15) is 9.90 Å². The molecule has 1 aromatic heterocycles. The molecule has 27 heavy (non-hydrogen) atoms. The Morgan fingerprint density at radius 3 is 2.74 bits per heavy atom. The monoisotopic (exact) mass is 373 g/mol. The number of ether oxygens (including phenoxy) is 2. The lowest BCUT2D eigenvalue weighted by Gasteiger charge is -2.35. The van der Waals surface area contributed by atoms with Crippen LogP contribution in [-0.2, 0) is 9.53 Å². The Labute approximate surface area is 156 Å². The summed E-state index contributed by atoms with van der Waals surface area (Å²) in [6.45, 7) is 3.11. The van der Waals surface area contributed by atoms with Crippen molar-refractivity contribution in [2.24, 2.45) is 0 Å². The van der Waals surface area contributed by atoms with Crippen LogP contribution in [0.3, 0.4) is 0 Å². The molecule has 1 unspecified atom stereocenters. The number of carbonyl (C=O) groups is 1. The Morgan fingerprint density at radius 1 is 1.30 bits per heavy atom. The van der Waals surface area contributed by atoms with E-state index in [1.54, 1.807) is 6.07 Å². The average Bonchev–Trinajstić information content (AvgIpc) is 3.22. The van der Waals surface area contributed by atoms with Gasteiger partial charge in [0.25, 0.3) is 5.91 Å². The SMILES string of the molecule is COc1cc2nc(N3CCN(C(=O)C4CCCO4)CC3)nc(N)c2cc1O. The van der Waals surface area contributed by atoms with Gasteiger partial charge in [0.15, 0.2) is 11.5 Å². The lowest BCUT2D eigenvalue weighted by atomic mass is 10.2. The van der Waals surface area contributed by atoms with Gasteiger partial charge in [-0.05, 0) is 18.9 Å². The van der Waals surface area contributed by atoms with E-state index in [1.165, 1.54) is 13.2 Å². The summed E-state index contributed by atoms with van der Waals surface area (Å²) in [5, 5.41) is 10.5. The Hall–Kier alpha value is -2.81. The zero-order chi connectivity index (χ0) is 19.0. The van der Waals surface area contributed by atoms with E-state index in [-0.39, 0.29) is 17.8 Å². The minimum atomic E-state index is -0.288. The molecule has 0 aliphatic carbocycles. The van der Waals surface area contributed by atoms with Gasteiger partial charge in [0.05, 0.1) is 12.6 Å². The molecule has 2 aliphatic heterocycles. The largest absolute Gasteiger partial charge is 0.504 e. The number of benzene rings is 1. The molecule has 3 heterocycles. The summed E-state index contributed by atoms with van der Waals surface area (Å²) in [7, 11) is 1.48. The molecule has 2 aromatic rings. The zero-order valence-electron chi connectivity index (χ0n) is 15.2. The van der Waals surface area contributed by atoms with Crippen LogP contribution in [0.1, 0.15) is 12.8 Å². The molecule has 1 amide bonds.